The van der Waals surface area contributed by atoms with E-state index in [0.29, 0.717) is 16.0 Å². The third-order valence-corrected chi connectivity index (χ3v) is 6.02. The monoisotopic (exact) mass is 403 g/mol. The van der Waals surface area contributed by atoms with E-state index in [1.807, 2.05) is 47.8 Å². The maximum Gasteiger partial charge on any atom is 0.263 e. The first-order chi connectivity index (χ1) is 14.0. The standard InChI is InChI=1S/C23H21N3O2S/c1-3-15-9-11-16(12-10-15)18-13-29-22-19(18)23(28)26(14(2)20(24)27)21(25-22)17-7-5-4-6-8-17/h4-14H,3H2,1-2H3,(H2,24,27). The Bertz CT molecular complexity index is 1240. The normalized spacial score (nSPS) is 12.2. The van der Waals surface area contributed by atoms with Crippen molar-refractivity contribution in [2.75, 3.05) is 0 Å². The number of aromatic nitrogens is 2. The van der Waals surface area contributed by atoms with Crippen molar-refractivity contribution in [3.8, 4) is 22.5 Å². The molecule has 5 nitrogen and oxygen atoms in total. The van der Waals surface area contributed by atoms with Crippen LogP contribution < -0.4 is 11.3 Å². The smallest absolute Gasteiger partial charge is 0.263 e. The second-order valence-electron chi connectivity index (χ2n) is 6.93. The average Bonchev–Trinajstić information content (AvgIpc) is 3.18. The number of carbonyl (C=O) groups is 1. The predicted molar refractivity (Wildman–Crippen MR) is 118 cm³/mol. The summed E-state index contributed by atoms with van der Waals surface area (Å²) in [7, 11) is 0. The van der Waals surface area contributed by atoms with Crippen LogP contribution in [-0.4, -0.2) is 15.5 Å². The molecule has 2 heterocycles. The van der Waals surface area contributed by atoms with Gasteiger partial charge in [0, 0.05) is 16.5 Å². The topological polar surface area (TPSA) is 78.0 Å². The molecular weight excluding hydrogens is 382 g/mol. The lowest BCUT2D eigenvalue weighted by Gasteiger charge is -2.17. The van der Waals surface area contributed by atoms with Gasteiger partial charge in [0.2, 0.25) is 5.91 Å². The number of carbonyl (C=O) groups excluding carboxylic acids is 1. The van der Waals surface area contributed by atoms with Crippen LogP contribution in [0.3, 0.4) is 0 Å². The van der Waals surface area contributed by atoms with Crippen LogP contribution in [0.2, 0.25) is 0 Å². The van der Waals surface area contributed by atoms with Gasteiger partial charge in [0.05, 0.1) is 5.39 Å². The van der Waals surface area contributed by atoms with Gasteiger partial charge in [-0.1, -0.05) is 61.5 Å². The molecule has 2 aromatic heterocycles. The Morgan fingerprint density at radius 2 is 1.79 bits per heavy atom. The van der Waals surface area contributed by atoms with Crippen molar-refractivity contribution in [1.82, 2.24) is 9.55 Å². The molecule has 0 aliphatic heterocycles. The molecular formula is C23H21N3O2S. The zero-order chi connectivity index (χ0) is 20.5. The second kappa shape index (κ2) is 7.64. The van der Waals surface area contributed by atoms with Gasteiger partial charge in [0.15, 0.2) is 0 Å². The second-order valence-corrected chi connectivity index (χ2v) is 7.79. The van der Waals surface area contributed by atoms with Crippen molar-refractivity contribution in [1.29, 1.82) is 0 Å². The minimum absolute atomic E-state index is 0.254. The molecule has 2 aromatic carbocycles. The third-order valence-electron chi connectivity index (χ3n) is 5.14. The number of benzene rings is 2. The molecule has 29 heavy (non-hydrogen) atoms. The number of nitrogens with zero attached hydrogens (tertiary/aromatic N) is 2. The van der Waals surface area contributed by atoms with E-state index in [9.17, 15) is 9.59 Å². The summed E-state index contributed by atoms with van der Waals surface area (Å²) in [6.07, 6.45) is 0.954. The molecule has 146 valence electrons. The minimum Gasteiger partial charge on any atom is -0.368 e. The number of amides is 1. The van der Waals surface area contributed by atoms with Crippen LogP contribution in [0, 0.1) is 0 Å². The van der Waals surface area contributed by atoms with E-state index in [1.54, 1.807) is 6.92 Å². The van der Waals surface area contributed by atoms with Crippen LogP contribution in [0.5, 0.6) is 0 Å². The fourth-order valence-corrected chi connectivity index (χ4v) is 4.35. The third kappa shape index (κ3) is 3.36. The van der Waals surface area contributed by atoms with E-state index in [1.165, 1.54) is 21.5 Å². The highest BCUT2D eigenvalue weighted by Gasteiger charge is 2.23. The SMILES string of the molecule is CCc1ccc(-c2csc3nc(-c4ccccc4)n(C(C)C(N)=O)c(=O)c23)cc1. The molecule has 0 fully saturated rings. The first kappa shape index (κ1) is 19.1. The van der Waals surface area contributed by atoms with Crippen LogP contribution in [0.4, 0.5) is 0 Å². The van der Waals surface area contributed by atoms with Crippen LogP contribution >= 0.6 is 11.3 Å². The summed E-state index contributed by atoms with van der Waals surface area (Å²) in [6.45, 7) is 3.74. The van der Waals surface area contributed by atoms with E-state index in [0.717, 1.165) is 23.1 Å². The molecule has 6 heteroatoms. The van der Waals surface area contributed by atoms with Gasteiger partial charge in [-0.25, -0.2) is 4.98 Å². The number of rotatable bonds is 5. The Morgan fingerprint density at radius 1 is 1.10 bits per heavy atom. The summed E-state index contributed by atoms with van der Waals surface area (Å²) >= 11 is 1.43. The molecule has 0 spiro atoms. The number of hydrogen-bond donors (Lipinski definition) is 1. The van der Waals surface area contributed by atoms with E-state index >= 15 is 0 Å². The fourth-order valence-electron chi connectivity index (χ4n) is 3.41. The molecule has 2 N–H and O–H groups in total. The summed E-state index contributed by atoms with van der Waals surface area (Å²) in [5.41, 5.74) is 9.09. The van der Waals surface area contributed by atoms with Crippen LogP contribution in [-0.2, 0) is 11.2 Å². The first-order valence-electron chi connectivity index (χ1n) is 9.49. The lowest BCUT2D eigenvalue weighted by Crippen LogP contribution is -2.33. The van der Waals surface area contributed by atoms with Gasteiger partial charge in [-0.05, 0) is 24.5 Å². The molecule has 4 aromatic rings. The summed E-state index contributed by atoms with van der Waals surface area (Å²) in [5, 5.41) is 2.47. The summed E-state index contributed by atoms with van der Waals surface area (Å²) in [4.78, 5) is 31.0. The van der Waals surface area contributed by atoms with Crippen molar-refractivity contribution < 1.29 is 4.79 Å². The van der Waals surface area contributed by atoms with Crippen LogP contribution in [0.15, 0.2) is 64.8 Å². The number of nitrogens with two attached hydrogens (primary N) is 1. The Morgan fingerprint density at radius 3 is 2.41 bits per heavy atom. The maximum absolute atomic E-state index is 13.6. The molecule has 0 bridgehead atoms. The van der Waals surface area contributed by atoms with Gasteiger partial charge in [0.25, 0.3) is 5.56 Å². The number of thiophene rings is 1. The van der Waals surface area contributed by atoms with Crippen molar-refractivity contribution in [2.45, 2.75) is 26.3 Å². The molecule has 1 atom stereocenters. The predicted octanol–water partition coefficient (Wildman–Crippen LogP) is 4.40. The van der Waals surface area contributed by atoms with E-state index in [4.69, 9.17) is 10.7 Å². The quantitative estimate of drug-likeness (QED) is 0.536. The van der Waals surface area contributed by atoms with Crippen LogP contribution in [0.25, 0.3) is 32.7 Å². The van der Waals surface area contributed by atoms with Crippen molar-refractivity contribution in [3.63, 3.8) is 0 Å². The molecule has 0 saturated carbocycles. The number of hydrogen-bond acceptors (Lipinski definition) is 4. The molecule has 0 saturated heterocycles. The molecule has 0 aliphatic rings. The van der Waals surface area contributed by atoms with Gasteiger partial charge >= 0.3 is 0 Å². The molecule has 1 unspecified atom stereocenters. The van der Waals surface area contributed by atoms with Crippen molar-refractivity contribution in [3.05, 3.63) is 75.9 Å². The zero-order valence-electron chi connectivity index (χ0n) is 16.3. The van der Waals surface area contributed by atoms with Crippen molar-refractivity contribution >= 4 is 27.5 Å². The van der Waals surface area contributed by atoms with E-state index in [-0.39, 0.29) is 5.56 Å². The molecule has 4 rings (SSSR count). The Balaban J connectivity index is 2.01. The lowest BCUT2D eigenvalue weighted by atomic mass is 10.0. The summed E-state index contributed by atoms with van der Waals surface area (Å²) in [6, 6.07) is 16.7. The van der Waals surface area contributed by atoms with Gasteiger partial charge in [-0.3, -0.25) is 14.2 Å². The van der Waals surface area contributed by atoms with Crippen molar-refractivity contribution in [2.24, 2.45) is 5.73 Å². The van der Waals surface area contributed by atoms with E-state index in [2.05, 4.69) is 19.1 Å². The number of primary amides is 1. The minimum atomic E-state index is -0.815. The Labute approximate surface area is 172 Å². The van der Waals surface area contributed by atoms with Gasteiger partial charge < -0.3 is 5.73 Å². The average molecular weight is 404 g/mol. The first-order valence-corrected chi connectivity index (χ1v) is 10.4. The highest BCUT2D eigenvalue weighted by atomic mass is 32.1. The molecule has 1 amide bonds. The van der Waals surface area contributed by atoms with Gasteiger partial charge in [-0.15, -0.1) is 11.3 Å². The molecule has 0 radical (unpaired) electrons. The fraction of sp³-hybridized carbons (Fsp3) is 0.174. The van der Waals surface area contributed by atoms with Crippen LogP contribution in [0.1, 0.15) is 25.5 Å². The van der Waals surface area contributed by atoms with Gasteiger partial charge in [0.1, 0.15) is 16.7 Å². The lowest BCUT2D eigenvalue weighted by molar-refractivity contribution is -0.120. The number of aryl methyl sites for hydroxylation is 1. The molecule has 0 aliphatic carbocycles. The number of fused-ring (bicyclic) bond motifs is 1. The Hall–Kier alpha value is -3.25. The highest BCUT2D eigenvalue weighted by molar-refractivity contribution is 7.17. The largest absolute Gasteiger partial charge is 0.368 e. The summed E-state index contributed by atoms with van der Waals surface area (Å²) in [5.74, 6) is -0.126. The zero-order valence-corrected chi connectivity index (χ0v) is 17.1. The van der Waals surface area contributed by atoms with Gasteiger partial charge in [-0.2, -0.15) is 0 Å². The highest BCUT2D eigenvalue weighted by Crippen LogP contribution is 2.33. The summed E-state index contributed by atoms with van der Waals surface area (Å²) < 4.78 is 1.41. The maximum atomic E-state index is 13.6. The Kier molecular flexibility index (Phi) is 5.03. The van der Waals surface area contributed by atoms with E-state index < -0.39 is 11.9 Å².